The summed E-state index contributed by atoms with van der Waals surface area (Å²) in [7, 11) is -3.11. The molecular weight excluding hydrogens is 666 g/mol. The van der Waals surface area contributed by atoms with Gasteiger partial charge in [-0.15, -0.1) is 0 Å². The van der Waals surface area contributed by atoms with E-state index < -0.39 is 12.6 Å². The van der Waals surface area contributed by atoms with Crippen LogP contribution in [0.25, 0.3) is 38.6 Å². The lowest BCUT2D eigenvalue weighted by atomic mass is 9.66. The van der Waals surface area contributed by atoms with Crippen molar-refractivity contribution >= 4 is 44.9 Å². The first-order chi connectivity index (χ1) is 26.2. The van der Waals surface area contributed by atoms with Crippen molar-refractivity contribution in [3.05, 3.63) is 216 Å². The van der Waals surface area contributed by atoms with Crippen LogP contribution in [0.1, 0.15) is 22.3 Å². The summed E-state index contributed by atoms with van der Waals surface area (Å²) in [6.07, 6.45) is 0. The first-order valence-electron chi connectivity index (χ1n) is 18.0. The maximum absolute atomic E-state index is 15.2. The monoisotopic (exact) mass is 697 g/mol. The maximum atomic E-state index is 15.2. The zero-order chi connectivity index (χ0) is 35.1. The van der Waals surface area contributed by atoms with Gasteiger partial charge in [0, 0.05) is 49.6 Å². The van der Waals surface area contributed by atoms with Gasteiger partial charge in [0.1, 0.15) is 11.5 Å². The Bertz CT molecular complexity index is 2860. The van der Waals surface area contributed by atoms with Crippen molar-refractivity contribution in [1.29, 1.82) is 0 Å². The summed E-state index contributed by atoms with van der Waals surface area (Å²) in [6, 6.07) is 67.5. The molecule has 4 heteroatoms. The molecule has 0 fully saturated rings. The van der Waals surface area contributed by atoms with E-state index in [1.807, 2.05) is 72.8 Å². The van der Waals surface area contributed by atoms with Crippen molar-refractivity contribution < 1.29 is 9.30 Å². The van der Waals surface area contributed by atoms with E-state index in [0.717, 1.165) is 60.6 Å². The van der Waals surface area contributed by atoms with Crippen LogP contribution >= 0.6 is 7.14 Å². The fraction of sp³-hybridized carbons (Fsp3) is 0.0204. The number of hydrogen-bond acceptors (Lipinski definition) is 2. The molecule has 1 spiro atoms. The highest BCUT2D eigenvalue weighted by Gasteiger charge is 2.51. The van der Waals surface area contributed by atoms with E-state index >= 15 is 4.57 Å². The average Bonchev–Trinajstić information content (AvgIpc) is 3.71. The Hall–Kier alpha value is -6.41. The van der Waals surface area contributed by atoms with Crippen molar-refractivity contribution in [2.45, 2.75) is 5.41 Å². The van der Waals surface area contributed by atoms with Crippen molar-refractivity contribution in [2.75, 3.05) is 0 Å². The van der Waals surface area contributed by atoms with Crippen molar-refractivity contribution in [3.63, 3.8) is 0 Å². The molecule has 1 aromatic heterocycles. The highest BCUT2D eigenvalue weighted by Crippen LogP contribution is 2.62. The Labute approximate surface area is 307 Å². The summed E-state index contributed by atoms with van der Waals surface area (Å²) in [4.78, 5) is 0. The van der Waals surface area contributed by atoms with Gasteiger partial charge in [0.15, 0.2) is 7.14 Å². The first-order valence-corrected chi connectivity index (χ1v) is 19.7. The molecule has 53 heavy (non-hydrogen) atoms. The van der Waals surface area contributed by atoms with E-state index in [1.54, 1.807) is 0 Å². The Morgan fingerprint density at radius 3 is 1.60 bits per heavy atom. The molecule has 0 N–H and O–H groups in total. The van der Waals surface area contributed by atoms with Crippen LogP contribution in [0.4, 0.5) is 0 Å². The molecule has 3 nitrogen and oxygen atoms in total. The fourth-order valence-electron chi connectivity index (χ4n) is 9.13. The molecule has 0 bridgehead atoms. The van der Waals surface area contributed by atoms with E-state index in [1.165, 1.54) is 27.6 Å². The molecule has 2 heterocycles. The van der Waals surface area contributed by atoms with E-state index in [4.69, 9.17) is 4.74 Å². The zero-order valence-corrected chi connectivity index (χ0v) is 29.6. The second kappa shape index (κ2) is 11.3. The molecular formula is C49H32NO2P. The molecule has 1 aliphatic carbocycles. The molecule has 2 aliphatic rings. The molecule has 1 aliphatic heterocycles. The third-order valence-corrected chi connectivity index (χ3v) is 14.4. The molecule has 0 radical (unpaired) electrons. The molecule has 8 aromatic carbocycles. The van der Waals surface area contributed by atoms with Gasteiger partial charge in [-0.25, -0.2) is 0 Å². The Kier molecular flexibility index (Phi) is 6.44. The Morgan fingerprint density at radius 2 is 0.943 bits per heavy atom. The number of fused-ring (bicyclic) bond motifs is 12. The van der Waals surface area contributed by atoms with Gasteiger partial charge >= 0.3 is 0 Å². The highest BCUT2D eigenvalue weighted by molar-refractivity contribution is 7.85. The van der Waals surface area contributed by atoms with Gasteiger partial charge in [-0.05, 0) is 64.7 Å². The number of nitrogens with zero attached hydrogens (tertiary/aromatic N) is 1. The number of hydrogen-bond donors (Lipinski definition) is 0. The third kappa shape index (κ3) is 4.09. The second-order valence-electron chi connectivity index (χ2n) is 14.0. The van der Waals surface area contributed by atoms with Crippen LogP contribution in [0.5, 0.6) is 11.5 Å². The smallest absolute Gasteiger partial charge is 0.171 e. The van der Waals surface area contributed by atoms with Crippen LogP contribution in [-0.4, -0.2) is 4.57 Å². The van der Waals surface area contributed by atoms with E-state index in [2.05, 4.69) is 126 Å². The summed E-state index contributed by atoms with van der Waals surface area (Å²) in [5.41, 5.74) is 9.99. The quantitative estimate of drug-likeness (QED) is 0.171. The molecule has 9 aromatic rings. The molecule has 0 unspecified atom stereocenters. The van der Waals surface area contributed by atoms with Gasteiger partial charge in [0.25, 0.3) is 0 Å². The number of aromatic nitrogens is 1. The normalized spacial score (nSPS) is 13.7. The topological polar surface area (TPSA) is 31.2 Å². The Morgan fingerprint density at radius 1 is 0.415 bits per heavy atom. The van der Waals surface area contributed by atoms with Gasteiger partial charge in [-0.3, -0.25) is 0 Å². The molecule has 0 atom stereocenters. The van der Waals surface area contributed by atoms with Gasteiger partial charge in [0.2, 0.25) is 0 Å². The standard InChI is InChI=1S/C49H32NO2P/c51-53(34-15-3-1-4-16-34,35-17-5-2-6-18-35)36-29-27-33(28-30-36)50-45-25-13-9-21-39(45)40-31-44-48(32-46(40)50)52-47-26-14-12-24-43(47)49(44)41-22-10-7-19-37(41)38-20-8-11-23-42(38)49/h1-32H. The van der Waals surface area contributed by atoms with Crippen LogP contribution in [0.2, 0.25) is 0 Å². The summed E-state index contributed by atoms with van der Waals surface area (Å²) >= 11 is 0. The minimum absolute atomic E-state index is 0.535. The summed E-state index contributed by atoms with van der Waals surface area (Å²) in [5.74, 6) is 1.72. The second-order valence-corrected chi connectivity index (χ2v) is 16.7. The largest absolute Gasteiger partial charge is 0.457 e. The lowest BCUT2D eigenvalue weighted by Crippen LogP contribution is -2.32. The lowest BCUT2D eigenvalue weighted by molar-refractivity contribution is 0.437. The maximum Gasteiger partial charge on any atom is 0.171 e. The Balaban J connectivity index is 1.15. The van der Waals surface area contributed by atoms with E-state index in [0.29, 0.717) is 0 Å². The van der Waals surface area contributed by atoms with Crippen molar-refractivity contribution in [3.8, 4) is 28.3 Å². The SMILES string of the molecule is O=P(c1ccccc1)(c1ccccc1)c1ccc(-n2c3ccccc3c3cc4c(cc32)Oc2ccccc2C42c3ccccc3-c3ccccc32)cc1. The van der Waals surface area contributed by atoms with Crippen LogP contribution in [0, 0.1) is 0 Å². The predicted octanol–water partition coefficient (Wildman–Crippen LogP) is 10.9. The van der Waals surface area contributed by atoms with Gasteiger partial charge in [-0.2, -0.15) is 0 Å². The lowest BCUT2D eigenvalue weighted by Gasteiger charge is -2.39. The van der Waals surface area contributed by atoms with Crippen LogP contribution in [-0.2, 0) is 9.98 Å². The first kappa shape index (κ1) is 30.2. The number of ether oxygens (including phenoxy) is 1. The molecule has 11 rings (SSSR count). The fourth-order valence-corrected chi connectivity index (χ4v) is 11.8. The van der Waals surface area contributed by atoms with Gasteiger partial charge in [-0.1, -0.05) is 146 Å². The van der Waals surface area contributed by atoms with Crippen LogP contribution in [0.15, 0.2) is 194 Å². The number of benzene rings is 8. The average molecular weight is 698 g/mol. The van der Waals surface area contributed by atoms with Crippen LogP contribution < -0.4 is 20.7 Å². The predicted molar refractivity (Wildman–Crippen MR) is 218 cm³/mol. The minimum atomic E-state index is -3.11. The van der Waals surface area contributed by atoms with E-state index in [-0.39, 0.29) is 0 Å². The zero-order valence-electron chi connectivity index (χ0n) is 28.7. The molecule has 0 saturated carbocycles. The highest BCUT2D eigenvalue weighted by atomic mass is 31.2. The van der Waals surface area contributed by atoms with Crippen molar-refractivity contribution in [2.24, 2.45) is 0 Å². The summed E-state index contributed by atoms with van der Waals surface area (Å²) in [6.45, 7) is 0. The molecule has 250 valence electrons. The third-order valence-electron chi connectivity index (χ3n) is 11.4. The van der Waals surface area contributed by atoms with Crippen molar-refractivity contribution in [1.82, 2.24) is 4.57 Å². The summed E-state index contributed by atoms with van der Waals surface area (Å²) < 4.78 is 24.4. The van der Waals surface area contributed by atoms with Gasteiger partial charge < -0.3 is 13.9 Å². The van der Waals surface area contributed by atoms with Crippen LogP contribution in [0.3, 0.4) is 0 Å². The molecule has 0 amide bonds. The van der Waals surface area contributed by atoms with Gasteiger partial charge in [0.05, 0.1) is 16.4 Å². The number of rotatable bonds is 4. The van der Waals surface area contributed by atoms with E-state index in [9.17, 15) is 0 Å². The number of para-hydroxylation sites is 2. The minimum Gasteiger partial charge on any atom is -0.457 e. The summed E-state index contributed by atoms with van der Waals surface area (Å²) in [5, 5.41) is 4.78. The molecule has 0 saturated heterocycles.